The molecule has 0 amide bonds. The molecule has 8 heterocycles. The van der Waals surface area contributed by atoms with E-state index in [0.717, 1.165) is 42.3 Å². The number of halogens is 19. The second-order valence-electron chi connectivity index (χ2n) is 21.2. The Morgan fingerprint density at radius 2 is 0.868 bits per heavy atom. The quantitative estimate of drug-likeness (QED) is 0.0870. The van der Waals surface area contributed by atoms with Crippen LogP contribution in [0.4, 0.5) is 96.7 Å². The highest BCUT2D eigenvalue weighted by Gasteiger charge is 2.42. The van der Waals surface area contributed by atoms with Crippen LogP contribution in [0.3, 0.4) is 0 Å². The maximum atomic E-state index is 13.6. The van der Waals surface area contributed by atoms with Crippen LogP contribution in [0.5, 0.6) is 0 Å². The van der Waals surface area contributed by atoms with Crippen LogP contribution in [0.25, 0.3) is 22.3 Å². The molecule has 0 radical (unpaired) electrons. The molecule has 2 aromatic carbocycles. The molecule has 0 saturated carbocycles. The molecular formula is C58H53ClF18N14. The molecule has 10 rings (SSSR count). The van der Waals surface area contributed by atoms with E-state index in [-0.39, 0.29) is 77.3 Å². The van der Waals surface area contributed by atoms with Gasteiger partial charge in [0, 0.05) is 130 Å². The fourth-order valence-electron chi connectivity index (χ4n) is 10.1. The largest absolute Gasteiger partial charge is 0.417 e. The number of rotatable bonds is 13. The summed E-state index contributed by atoms with van der Waals surface area (Å²) in [7, 11) is 3.48. The summed E-state index contributed by atoms with van der Waals surface area (Å²) in [4.78, 5) is 29.9. The minimum atomic E-state index is -5.03. The van der Waals surface area contributed by atoms with E-state index < -0.39 is 83.0 Å². The first-order valence-electron chi connectivity index (χ1n) is 27.4. The van der Waals surface area contributed by atoms with Gasteiger partial charge in [-0.2, -0.15) is 89.2 Å². The lowest BCUT2D eigenvalue weighted by Crippen LogP contribution is -2.38. The number of nitrogens with zero attached hydrogens (tertiary/aromatic N) is 13. The van der Waals surface area contributed by atoms with Gasteiger partial charge in [-0.3, -0.25) is 9.36 Å². The SMILES string of the molecule is CC[C@@H]1C[C@H](N(Cc2cc(C(F)(F)F)cc(C(F)(F)F)c2)c2ncc(-c3cnn(C)c3)cn2)CN1.CC[C@@H]1C[C@H](N(Cc2cc(C(F)(F)F)cc(C(F)(F)F)c2)c2ncc(-c3cnn(C)c3)cn2)CN1c1ccc(C(F)(F)F)cn1.FC(F)(F)c1ccc(Cl)nc1. The van der Waals surface area contributed by atoms with Gasteiger partial charge in [0.2, 0.25) is 11.9 Å². The fraction of sp³-hybridized carbons (Fsp3) is 0.379. The van der Waals surface area contributed by atoms with Gasteiger partial charge in [-0.05, 0) is 97.5 Å². The molecule has 6 aromatic heterocycles. The van der Waals surface area contributed by atoms with Crippen molar-refractivity contribution in [3.63, 3.8) is 0 Å². The predicted octanol–water partition coefficient (Wildman–Crippen LogP) is 15.2. The number of hydrogen-bond acceptors (Lipinski definition) is 12. The highest BCUT2D eigenvalue weighted by atomic mass is 35.5. The Labute approximate surface area is 512 Å². The smallest absolute Gasteiger partial charge is 0.352 e. The van der Waals surface area contributed by atoms with Gasteiger partial charge in [0.25, 0.3) is 0 Å². The summed E-state index contributed by atoms with van der Waals surface area (Å²) < 4.78 is 240. The number of alkyl halides is 18. The summed E-state index contributed by atoms with van der Waals surface area (Å²) in [5, 5.41) is 11.6. The molecule has 4 atom stereocenters. The summed E-state index contributed by atoms with van der Waals surface area (Å²) in [5.74, 6) is 0.534. The maximum Gasteiger partial charge on any atom is 0.417 e. The molecule has 0 spiro atoms. The van der Waals surface area contributed by atoms with Gasteiger partial charge in [-0.25, -0.2) is 29.9 Å². The van der Waals surface area contributed by atoms with Crippen LogP contribution in [0, 0.1) is 0 Å². The summed E-state index contributed by atoms with van der Waals surface area (Å²) in [6, 6.07) is 6.35. The number of pyridine rings is 2. The zero-order valence-electron chi connectivity index (χ0n) is 48.0. The second-order valence-corrected chi connectivity index (χ2v) is 21.6. The number of nitrogens with one attached hydrogen (secondary N) is 1. The Hall–Kier alpha value is -8.29. The van der Waals surface area contributed by atoms with Crippen LogP contribution in [0.2, 0.25) is 5.15 Å². The molecule has 2 aliphatic heterocycles. The number of anilines is 3. The fourth-order valence-corrected chi connectivity index (χ4v) is 10.2. The Balaban J connectivity index is 0.000000205. The standard InChI is InChI=1S/C29H26F9N7.C23H24F6N6.C6H3ClF3N/c1-3-23-9-24(16-44(23)25-5-4-20(13-39-25)27(30,31)32)45(26-40-10-18(11-41-26)19-12-42-43(2)15-19)14-17-6-21(28(33,34)35)8-22(7-17)29(36,37)38;1-3-19-7-20(11-30-19)35(21-31-8-15(9-32-21)16-10-33-34(2)13-16)12-14-4-17(22(24,25)26)6-18(5-14)23(27,28)29;7-5-2-1-4(3-11-5)6(8,9)10/h4-8,10-13,15,23-24H,3,9,14,16H2,1-2H3;4-6,8-10,13,19-20,30H,3,7,11-12H2,1-2H3;1-3H/t23-,24+;19-,20+;/m11./s1. The Bertz CT molecular complexity index is 3610. The third-order valence-corrected chi connectivity index (χ3v) is 15.0. The van der Waals surface area contributed by atoms with Crippen molar-refractivity contribution in [1.82, 2.24) is 54.8 Å². The van der Waals surface area contributed by atoms with Crippen LogP contribution in [0.1, 0.15) is 84.0 Å². The Kier molecular flexibility index (Phi) is 20.6. The molecule has 0 bridgehead atoms. The van der Waals surface area contributed by atoms with Crippen molar-refractivity contribution in [2.24, 2.45) is 14.1 Å². The van der Waals surface area contributed by atoms with Crippen LogP contribution in [-0.4, -0.2) is 86.7 Å². The average Bonchev–Trinajstić information content (AvgIpc) is 1.92. The predicted molar refractivity (Wildman–Crippen MR) is 298 cm³/mol. The van der Waals surface area contributed by atoms with Gasteiger partial charge < -0.3 is 20.0 Å². The van der Waals surface area contributed by atoms with Crippen molar-refractivity contribution in [3.8, 4) is 22.3 Å². The van der Waals surface area contributed by atoms with Crippen molar-refractivity contribution in [3.05, 3.63) is 172 Å². The molecule has 0 unspecified atom stereocenters. The number of hydrogen-bond donors (Lipinski definition) is 1. The van der Waals surface area contributed by atoms with Gasteiger partial charge in [0.1, 0.15) is 11.0 Å². The maximum absolute atomic E-state index is 13.6. The van der Waals surface area contributed by atoms with Crippen LogP contribution in [0.15, 0.2) is 123 Å². The van der Waals surface area contributed by atoms with Crippen molar-refractivity contribution >= 4 is 29.3 Å². The van der Waals surface area contributed by atoms with E-state index in [1.165, 1.54) is 23.4 Å². The molecule has 14 nitrogen and oxygen atoms in total. The van der Waals surface area contributed by atoms with Gasteiger partial charge in [-0.1, -0.05) is 25.4 Å². The highest BCUT2D eigenvalue weighted by Crippen LogP contribution is 2.41. The van der Waals surface area contributed by atoms with E-state index in [1.54, 1.807) is 70.4 Å². The Morgan fingerprint density at radius 3 is 1.20 bits per heavy atom. The molecule has 91 heavy (non-hydrogen) atoms. The molecule has 488 valence electrons. The van der Waals surface area contributed by atoms with E-state index in [0.29, 0.717) is 67.0 Å². The van der Waals surface area contributed by atoms with Gasteiger partial charge in [0.15, 0.2) is 0 Å². The monoisotopic (exact) mass is 1320 g/mol. The minimum Gasteiger partial charge on any atom is -0.352 e. The van der Waals surface area contributed by atoms with Gasteiger partial charge in [0.05, 0.1) is 51.8 Å². The van der Waals surface area contributed by atoms with Crippen LogP contribution < -0.4 is 20.0 Å². The molecule has 33 heteroatoms. The van der Waals surface area contributed by atoms with Crippen LogP contribution >= 0.6 is 11.6 Å². The van der Waals surface area contributed by atoms with Gasteiger partial charge >= 0.3 is 37.1 Å². The third kappa shape index (κ3) is 17.8. The van der Waals surface area contributed by atoms with Crippen molar-refractivity contribution in [1.29, 1.82) is 0 Å². The van der Waals surface area contributed by atoms with E-state index in [9.17, 15) is 79.0 Å². The average molecular weight is 1320 g/mol. The van der Waals surface area contributed by atoms with E-state index >= 15 is 0 Å². The zero-order valence-corrected chi connectivity index (χ0v) is 48.8. The lowest BCUT2D eigenvalue weighted by Gasteiger charge is -2.30. The topological polar surface area (TPSA) is 135 Å². The van der Waals surface area contributed by atoms with Crippen molar-refractivity contribution in [2.45, 2.75) is 114 Å². The molecule has 2 aliphatic rings. The lowest BCUT2D eigenvalue weighted by atomic mass is 10.0. The highest BCUT2D eigenvalue weighted by molar-refractivity contribution is 6.29. The van der Waals surface area contributed by atoms with E-state index in [2.05, 4.69) is 45.4 Å². The first-order valence-corrected chi connectivity index (χ1v) is 27.8. The molecule has 0 aliphatic carbocycles. The first kappa shape index (κ1) is 68.6. The van der Waals surface area contributed by atoms with E-state index in [1.807, 2.05) is 13.8 Å². The molecule has 2 saturated heterocycles. The number of aryl methyl sites for hydroxylation is 2. The normalized spacial score (nSPS) is 17.3. The zero-order chi connectivity index (χ0) is 66.6. The summed E-state index contributed by atoms with van der Waals surface area (Å²) in [6.07, 6.45) is -12.2. The summed E-state index contributed by atoms with van der Waals surface area (Å²) in [5.41, 5.74) is -4.94. The van der Waals surface area contributed by atoms with E-state index in [4.69, 9.17) is 11.6 Å². The van der Waals surface area contributed by atoms with Crippen LogP contribution in [-0.2, 0) is 64.2 Å². The molecular weight excluding hydrogens is 1270 g/mol. The van der Waals surface area contributed by atoms with Crippen molar-refractivity contribution in [2.75, 3.05) is 27.8 Å². The molecule has 2 fully saturated rings. The Morgan fingerprint density at radius 1 is 0.462 bits per heavy atom. The minimum absolute atomic E-state index is 0.0516. The molecule has 1 N–H and O–H groups in total. The summed E-state index contributed by atoms with van der Waals surface area (Å²) >= 11 is 5.28. The number of aromatic nitrogens is 10. The first-order chi connectivity index (χ1) is 42.5. The van der Waals surface area contributed by atoms with Gasteiger partial charge in [-0.15, -0.1) is 0 Å². The summed E-state index contributed by atoms with van der Waals surface area (Å²) in [6.45, 7) is 3.91. The molecule has 8 aromatic rings. The number of benzene rings is 2. The van der Waals surface area contributed by atoms with Crippen molar-refractivity contribution < 1.29 is 79.0 Å². The second kappa shape index (κ2) is 27.3. The third-order valence-electron chi connectivity index (χ3n) is 14.7. The lowest BCUT2D eigenvalue weighted by molar-refractivity contribution is -0.144.